The highest BCUT2D eigenvalue weighted by Gasteiger charge is 2.44. The van der Waals surface area contributed by atoms with Crippen molar-refractivity contribution in [1.82, 2.24) is 0 Å². The fraction of sp³-hybridized carbons (Fsp3) is 0.0833. The Balaban J connectivity index is 1.83. The summed E-state index contributed by atoms with van der Waals surface area (Å²) in [6, 6.07) is 16.4. The molecular weight excluding hydrogens is 542 g/mol. The number of anilines is 1. The van der Waals surface area contributed by atoms with Crippen molar-refractivity contribution in [2.24, 2.45) is 0 Å². The Kier molecular flexibility index (Phi) is 5.06. The van der Waals surface area contributed by atoms with Crippen LogP contribution in [0.15, 0.2) is 78.8 Å². The molecule has 1 atom stereocenters. The molecule has 1 aliphatic heterocycles. The van der Waals surface area contributed by atoms with E-state index in [2.05, 4.69) is 31.9 Å². The van der Waals surface area contributed by atoms with E-state index in [9.17, 15) is 14.7 Å². The lowest BCUT2D eigenvalue weighted by Crippen LogP contribution is -2.29. The van der Waals surface area contributed by atoms with Crippen LogP contribution in [0, 0.1) is 0 Å². The van der Waals surface area contributed by atoms with Crippen molar-refractivity contribution in [3.8, 4) is 11.5 Å². The van der Waals surface area contributed by atoms with E-state index in [0.717, 1.165) is 8.95 Å². The number of phenolic OH excluding ortho intramolecular Hbond substituents is 1. The Bertz CT molecular complexity index is 1460. The van der Waals surface area contributed by atoms with Crippen LogP contribution < -0.4 is 15.1 Å². The number of amides is 1. The van der Waals surface area contributed by atoms with Crippen LogP contribution >= 0.6 is 31.9 Å². The first-order valence-corrected chi connectivity index (χ1v) is 11.2. The third-order valence-corrected chi connectivity index (χ3v) is 6.42. The predicted octanol–water partition coefficient (Wildman–Crippen LogP) is 5.78. The average Bonchev–Trinajstić information content (AvgIpc) is 3.07. The number of ether oxygens (including phenoxy) is 1. The second-order valence-electron chi connectivity index (χ2n) is 7.30. The van der Waals surface area contributed by atoms with Gasteiger partial charge in [-0.25, -0.2) is 0 Å². The standard InChI is InChI=1S/C24H15Br2NO5/c1-31-19-9-12(5-7-17(19)28)21-20-22(29)16-11-14(26)6-8-18(16)32-23(20)24(30)27(21)15-4-2-3-13(25)10-15/h2-11,21,28H,1H3. The van der Waals surface area contributed by atoms with Gasteiger partial charge in [-0.3, -0.25) is 14.5 Å². The van der Waals surface area contributed by atoms with Crippen LogP contribution in [0.4, 0.5) is 5.69 Å². The molecule has 0 fully saturated rings. The van der Waals surface area contributed by atoms with Crippen molar-refractivity contribution in [3.05, 3.63) is 96.7 Å². The molecule has 8 heteroatoms. The van der Waals surface area contributed by atoms with E-state index in [1.165, 1.54) is 18.1 Å². The maximum Gasteiger partial charge on any atom is 0.295 e. The molecule has 2 heterocycles. The molecule has 32 heavy (non-hydrogen) atoms. The quantitative estimate of drug-likeness (QED) is 0.346. The van der Waals surface area contributed by atoms with Crippen molar-refractivity contribution in [1.29, 1.82) is 0 Å². The highest BCUT2D eigenvalue weighted by molar-refractivity contribution is 9.10. The van der Waals surface area contributed by atoms with Crippen molar-refractivity contribution < 1.29 is 19.1 Å². The van der Waals surface area contributed by atoms with E-state index < -0.39 is 11.9 Å². The average molecular weight is 557 g/mol. The smallest absolute Gasteiger partial charge is 0.295 e. The third kappa shape index (κ3) is 3.22. The van der Waals surface area contributed by atoms with E-state index in [-0.39, 0.29) is 28.3 Å². The van der Waals surface area contributed by atoms with E-state index in [1.807, 2.05) is 12.1 Å². The van der Waals surface area contributed by atoms with Gasteiger partial charge in [0.2, 0.25) is 5.76 Å². The fourth-order valence-corrected chi connectivity index (χ4v) is 4.77. The van der Waals surface area contributed by atoms with Crippen molar-refractivity contribution >= 4 is 54.4 Å². The summed E-state index contributed by atoms with van der Waals surface area (Å²) in [7, 11) is 1.44. The normalized spacial score (nSPS) is 15.3. The highest BCUT2D eigenvalue weighted by atomic mass is 79.9. The molecule has 6 nitrogen and oxygen atoms in total. The van der Waals surface area contributed by atoms with Gasteiger partial charge in [0.05, 0.1) is 24.1 Å². The molecule has 0 aliphatic carbocycles. The molecule has 0 radical (unpaired) electrons. The van der Waals surface area contributed by atoms with Gasteiger partial charge in [-0.15, -0.1) is 0 Å². The molecule has 5 rings (SSSR count). The van der Waals surface area contributed by atoms with Crippen LogP contribution in [-0.2, 0) is 0 Å². The fourth-order valence-electron chi connectivity index (χ4n) is 4.02. The van der Waals surface area contributed by atoms with Crippen LogP contribution in [0.3, 0.4) is 0 Å². The minimum absolute atomic E-state index is 0.00170. The second kappa shape index (κ2) is 7.79. The SMILES string of the molecule is COc1cc(C2c3c(oc4ccc(Br)cc4c3=O)C(=O)N2c2cccc(Br)c2)ccc1O. The Morgan fingerprint density at radius 3 is 2.53 bits per heavy atom. The summed E-state index contributed by atoms with van der Waals surface area (Å²) in [5, 5.41) is 10.4. The number of rotatable bonds is 3. The highest BCUT2D eigenvalue weighted by Crippen LogP contribution is 2.43. The van der Waals surface area contributed by atoms with Crippen molar-refractivity contribution in [3.63, 3.8) is 0 Å². The summed E-state index contributed by atoms with van der Waals surface area (Å²) < 4.78 is 12.7. The molecule has 160 valence electrons. The number of phenols is 1. The van der Waals surface area contributed by atoms with E-state index in [4.69, 9.17) is 9.15 Å². The molecule has 0 spiro atoms. The van der Waals surface area contributed by atoms with Crippen molar-refractivity contribution in [2.75, 3.05) is 12.0 Å². The number of hydrogen-bond acceptors (Lipinski definition) is 5. The zero-order valence-electron chi connectivity index (χ0n) is 16.6. The second-order valence-corrected chi connectivity index (χ2v) is 9.13. The van der Waals surface area contributed by atoms with Gasteiger partial charge in [0.25, 0.3) is 5.91 Å². The molecule has 0 saturated heterocycles. The van der Waals surface area contributed by atoms with Gasteiger partial charge < -0.3 is 14.3 Å². The monoisotopic (exact) mass is 555 g/mol. The molecule has 0 bridgehead atoms. The lowest BCUT2D eigenvalue weighted by molar-refractivity contribution is 0.0971. The van der Waals surface area contributed by atoms with Crippen LogP contribution in [0.25, 0.3) is 11.0 Å². The minimum atomic E-state index is -0.763. The summed E-state index contributed by atoms with van der Waals surface area (Å²) in [6.07, 6.45) is 0. The lowest BCUT2D eigenvalue weighted by atomic mass is 9.97. The largest absolute Gasteiger partial charge is 0.504 e. The molecule has 1 N–H and O–H groups in total. The Morgan fingerprint density at radius 1 is 1.00 bits per heavy atom. The Morgan fingerprint density at radius 2 is 1.78 bits per heavy atom. The molecule has 4 aromatic rings. The van der Waals surface area contributed by atoms with E-state index in [1.54, 1.807) is 42.5 Å². The summed E-state index contributed by atoms with van der Waals surface area (Å²) in [5.74, 6) is -0.214. The third-order valence-electron chi connectivity index (χ3n) is 5.44. The Labute approximate surface area is 199 Å². The van der Waals surface area contributed by atoms with Crippen LogP contribution in [0.5, 0.6) is 11.5 Å². The maximum atomic E-state index is 13.6. The van der Waals surface area contributed by atoms with Gasteiger partial charge in [-0.05, 0) is 54.1 Å². The van der Waals surface area contributed by atoms with Gasteiger partial charge in [0.15, 0.2) is 16.9 Å². The maximum absolute atomic E-state index is 13.6. The number of nitrogens with zero attached hydrogens (tertiary/aromatic N) is 1. The molecule has 0 saturated carbocycles. The number of fused-ring (bicyclic) bond motifs is 2. The zero-order valence-corrected chi connectivity index (χ0v) is 19.8. The van der Waals surface area contributed by atoms with Gasteiger partial charge >= 0.3 is 0 Å². The summed E-state index contributed by atoms with van der Waals surface area (Å²) in [6.45, 7) is 0. The minimum Gasteiger partial charge on any atom is -0.504 e. The number of methoxy groups -OCH3 is 1. The molecule has 1 aliphatic rings. The first-order valence-electron chi connectivity index (χ1n) is 9.61. The van der Waals surface area contributed by atoms with Crippen LogP contribution in [0.2, 0.25) is 0 Å². The molecular formula is C24H15Br2NO5. The van der Waals surface area contributed by atoms with Crippen molar-refractivity contribution in [2.45, 2.75) is 6.04 Å². The number of carbonyl (C=O) groups is 1. The topological polar surface area (TPSA) is 80.0 Å². The predicted molar refractivity (Wildman–Crippen MR) is 128 cm³/mol. The van der Waals surface area contributed by atoms with Gasteiger partial charge in [-0.2, -0.15) is 0 Å². The Hall–Kier alpha value is -3.10. The van der Waals surface area contributed by atoms with Crippen LogP contribution in [-0.4, -0.2) is 18.1 Å². The lowest BCUT2D eigenvalue weighted by Gasteiger charge is -2.25. The zero-order chi connectivity index (χ0) is 22.6. The summed E-state index contributed by atoms with van der Waals surface area (Å²) >= 11 is 6.84. The number of carbonyl (C=O) groups excluding carboxylic acids is 1. The number of hydrogen-bond donors (Lipinski definition) is 1. The number of halogens is 2. The summed E-state index contributed by atoms with van der Waals surface area (Å²) in [5.41, 5.74) is 1.49. The molecule has 1 amide bonds. The van der Waals surface area contributed by atoms with Gasteiger partial charge in [0, 0.05) is 14.6 Å². The van der Waals surface area contributed by atoms with Gasteiger partial charge in [-0.1, -0.05) is 44.0 Å². The molecule has 1 aromatic heterocycles. The first-order chi connectivity index (χ1) is 15.4. The van der Waals surface area contributed by atoms with E-state index >= 15 is 0 Å². The number of aromatic hydroxyl groups is 1. The summed E-state index contributed by atoms with van der Waals surface area (Å²) in [4.78, 5) is 28.7. The molecule has 1 unspecified atom stereocenters. The van der Waals surface area contributed by atoms with Crippen LogP contribution in [0.1, 0.15) is 27.7 Å². The van der Waals surface area contributed by atoms with E-state index in [0.29, 0.717) is 22.2 Å². The number of benzene rings is 3. The molecule has 3 aromatic carbocycles. The first kappa shape index (κ1) is 20.8. The van der Waals surface area contributed by atoms with Gasteiger partial charge in [0.1, 0.15) is 5.58 Å².